The quantitative estimate of drug-likeness (QED) is 0.230. The minimum atomic E-state index is 1.04. The highest BCUT2D eigenvalue weighted by Crippen LogP contribution is 2.38. The molecule has 2 aromatic heterocycles. The van der Waals surface area contributed by atoms with Crippen molar-refractivity contribution in [3.63, 3.8) is 0 Å². The lowest BCUT2D eigenvalue weighted by atomic mass is 10.1. The van der Waals surface area contributed by atoms with Crippen LogP contribution in [0.4, 0.5) is 17.1 Å². The molecule has 0 atom stereocenters. The van der Waals surface area contributed by atoms with Gasteiger partial charge < -0.3 is 4.90 Å². The van der Waals surface area contributed by atoms with Crippen molar-refractivity contribution in [1.29, 1.82) is 0 Å². The lowest BCUT2D eigenvalue weighted by molar-refractivity contribution is 1.28. The number of fused-ring (bicyclic) bond motifs is 2. The van der Waals surface area contributed by atoms with Crippen molar-refractivity contribution in [3.8, 4) is 21.1 Å². The largest absolute Gasteiger partial charge is 0.311 e. The molecule has 0 saturated heterocycles. The van der Waals surface area contributed by atoms with E-state index in [2.05, 4.69) is 114 Å². The van der Waals surface area contributed by atoms with Gasteiger partial charge in [-0.2, -0.15) is 0 Å². The Kier molecular flexibility index (Phi) is 5.50. The number of thiazole rings is 2. The highest BCUT2D eigenvalue weighted by atomic mass is 32.1. The molecule has 176 valence electrons. The summed E-state index contributed by atoms with van der Waals surface area (Å²) in [5, 5.41) is 2.08. The molecule has 7 aromatic rings. The third-order valence-electron chi connectivity index (χ3n) is 6.35. The number of aromatic nitrogens is 2. The minimum absolute atomic E-state index is 1.04. The highest BCUT2D eigenvalue weighted by Gasteiger charge is 2.14. The van der Waals surface area contributed by atoms with E-state index in [9.17, 15) is 0 Å². The summed E-state index contributed by atoms with van der Waals surface area (Å²) in [6.07, 6.45) is 0. The molecular weight excluding hydrogens is 491 g/mol. The molecule has 0 aliphatic heterocycles. The first kappa shape index (κ1) is 21.9. The van der Waals surface area contributed by atoms with Crippen LogP contribution in [0.5, 0.6) is 0 Å². The summed E-state index contributed by atoms with van der Waals surface area (Å²) >= 11 is 3.46. The van der Waals surface area contributed by atoms with Crippen molar-refractivity contribution in [2.45, 2.75) is 0 Å². The number of rotatable bonds is 5. The van der Waals surface area contributed by atoms with Crippen LogP contribution in [0.3, 0.4) is 0 Å². The first-order chi connectivity index (χ1) is 18.3. The van der Waals surface area contributed by atoms with Crippen LogP contribution >= 0.6 is 22.7 Å². The Morgan fingerprint density at radius 3 is 1.27 bits per heavy atom. The fraction of sp³-hybridized carbons (Fsp3) is 0. The molecule has 5 aromatic carbocycles. The number of benzene rings is 5. The zero-order valence-corrected chi connectivity index (χ0v) is 21.4. The van der Waals surface area contributed by atoms with Gasteiger partial charge in [0.25, 0.3) is 0 Å². The predicted octanol–water partition coefficient (Wildman–Crippen LogP) is 9.71. The van der Waals surface area contributed by atoms with Crippen molar-refractivity contribution < 1.29 is 0 Å². The second-order valence-electron chi connectivity index (χ2n) is 8.74. The van der Waals surface area contributed by atoms with E-state index >= 15 is 0 Å². The lowest BCUT2D eigenvalue weighted by Gasteiger charge is -2.25. The van der Waals surface area contributed by atoms with Crippen LogP contribution in [0.2, 0.25) is 0 Å². The van der Waals surface area contributed by atoms with Crippen LogP contribution in [0.25, 0.3) is 41.6 Å². The van der Waals surface area contributed by atoms with Crippen LogP contribution in [0, 0.1) is 0 Å². The normalized spacial score (nSPS) is 11.2. The molecular formula is C32H21N3S2. The lowest BCUT2D eigenvalue weighted by Crippen LogP contribution is -2.09. The second-order valence-corrected chi connectivity index (χ2v) is 10.8. The minimum Gasteiger partial charge on any atom is -0.311 e. The maximum Gasteiger partial charge on any atom is 0.124 e. The number of para-hydroxylation sites is 3. The maximum absolute atomic E-state index is 4.83. The van der Waals surface area contributed by atoms with E-state index in [0.717, 1.165) is 49.2 Å². The first-order valence-corrected chi connectivity index (χ1v) is 13.7. The second kappa shape index (κ2) is 9.28. The van der Waals surface area contributed by atoms with E-state index in [1.54, 1.807) is 22.7 Å². The molecule has 0 amide bonds. The molecule has 37 heavy (non-hydrogen) atoms. The molecule has 0 bridgehead atoms. The molecule has 0 radical (unpaired) electrons. The van der Waals surface area contributed by atoms with Crippen molar-refractivity contribution in [3.05, 3.63) is 127 Å². The third-order valence-corrected chi connectivity index (χ3v) is 8.52. The van der Waals surface area contributed by atoms with Crippen LogP contribution < -0.4 is 4.90 Å². The average molecular weight is 512 g/mol. The third kappa shape index (κ3) is 4.18. The zero-order valence-electron chi connectivity index (χ0n) is 19.8. The number of nitrogens with zero attached hydrogens (tertiary/aromatic N) is 3. The monoisotopic (exact) mass is 511 g/mol. The Balaban J connectivity index is 1.24. The topological polar surface area (TPSA) is 29.0 Å². The van der Waals surface area contributed by atoms with Crippen molar-refractivity contribution in [1.82, 2.24) is 9.97 Å². The Labute approximate surface area is 223 Å². The van der Waals surface area contributed by atoms with Gasteiger partial charge >= 0.3 is 0 Å². The summed E-state index contributed by atoms with van der Waals surface area (Å²) in [5.41, 5.74) is 7.67. The van der Waals surface area contributed by atoms with Gasteiger partial charge in [-0.15, -0.1) is 22.7 Å². The molecule has 0 aliphatic carbocycles. The van der Waals surface area contributed by atoms with E-state index in [1.165, 1.54) is 9.40 Å². The SMILES string of the molecule is c1ccc(N(c2ccc(-c3nc4ccccc4s3)cc2)c2ccc(-c3nc4ccccc4s3)cc2)cc1. The van der Waals surface area contributed by atoms with E-state index < -0.39 is 0 Å². The summed E-state index contributed by atoms with van der Waals surface area (Å²) in [5.74, 6) is 0. The summed E-state index contributed by atoms with van der Waals surface area (Å²) in [7, 11) is 0. The van der Waals surface area contributed by atoms with Gasteiger partial charge in [-0.05, 0) is 84.9 Å². The molecule has 0 aliphatic rings. The molecule has 0 unspecified atom stereocenters. The van der Waals surface area contributed by atoms with Gasteiger partial charge in [-0.3, -0.25) is 0 Å². The zero-order chi connectivity index (χ0) is 24.6. The van der Waals surface area contributed by atoms with E-state index in [4.69, 9.17) is 9.97 Å². The van der Waals surface area contributed by atoms with Crippen molar-refractivity contribution >= 4 is 60.2 Å². The Hall–Kier alpha value is -4.32. The fourth-order valence-corrected chi connectivity index (χ4v) is 6.46. The van der Waals surface area contributed by atoms with Crippen LogP contribution in [0.15, 0.2) is 127 Å². The molecule has 0 spiro atoms. The van der Waals surface area contributed by atoms with Crippen LogP contribution in [0.1, 0.15) is 0 Å². The first-order valence-electron chi connectivity index (χ1n) is 12.1. The summed E-state index contributed by atoms with van der Waals surface area (Å²) in [6.45, 7) is 0. The van der Waals surface area contributed by atoms with Gasteiger partial charge in [0.2, 0.25) is 0 Å². The van der Waals surface area contributed by atoms with E-state index in [-0.39, 0.29) is 0 Å². The Bertz CT molecular complexity index is 1630. The van der Waals surface area contributed by atoms with E-state index in [0.29, 0.717) is 0 Å². The fourth-order valence-electron chi connectivity index (χ4n) is 4.52. The van der Waals surface area contributed by atoms with Gasteiger partial charge in [0.1, 0.15) is 10.0 Å². The molecule has 0 saturated carbocycles. The predicted molar refractivity (Wildman–Crippen MR) is 158 cm³/mol. The summed E-state index contributed by atoms with van der Waals surface area (Å²) in [4.78, 5) is 11.9. The molecule has 2 heterocycles. The Morgan fingerprint density at radius 2 is 0.811 bits per heavy atom. The van der Waals surface area contributed by atoms with Crippen LogP contribution in [-0.2, 0) is 0 Å². The smallest absolute Gasteiger partial charge is 0.124 e. The van der Waals surface area contributed by atoms with Gasteiger partial charge in [0.15, 0.2) is 0 Å². The molecule has 7 rings (SSSR count). The highest BCUT2D eigenvalue weighted by molar-refractivity contribution is 7.22. The molecule has 5 heteroatoms. The molecule has 3 nitrogen and oxygen atoms in total. The average Bonchev–Trinajstić information content (AvgIpc) is 3.59. The molecule has 0 fully saturated rings. The maximum atomic E-state index is 4.83. The van der Waals surface area contributed by atoms with Gasteiger partial charge in [-0.25, -0.2) is 9.97 Å². The van der Waals surface area contributed by atoms with Gasteiger partial charge in [0.05, 0.1) is 20.4 Å². The van der Waals surface area contributed by atoms with Crippen LogP contribution in [-0.4, -0.2) is 9.97 Å². The number of hydrogen-bond acceptors (Lipinski definition) is 5. The summed E-state index contributed by atoms with van der Waals surface area (Å²) < 4.78 is 2.42. The van der Waals surface area contributed by atoms with Gasteiger partial charge in [0, 0.05) is 28.2 Å². The summed E-state index contributed by atoms with van der Waals surface area (Å²) in [6, 6.07) is 44.4. The van der Waals surface area contributed by atoms with Crippen molar-refractivity contribution in [2.75, 3.05) is 4.90 Å². The Morgan fingerprint density at radius 1 is 0.405 bits per heavy atom. The number of anilines is 3. The number of hydrogen-bond donors (Lipinski definition) is 0. The van der Waals surface area contributed by atoms with Crippen molar-refractivity contribution in [2.24, 2.45) is 0 Å². The standard InChI is InChI=1S/C32H21N3S2/c1-2-8-24(9-3-1)35(25-18-14-22(15-19-25)31-33-27-10-4-6-12-29(27)36-31)26-20-16-23(17-21-26)32-34-28-11-5-7-13-30(28)37-32/h1-21H. The molecule has 0 N–H and O–H groups in total. The van der Waals surface area contributed by atoms with Gasteiger partial charge in [-0.1, -0.05) is 42.5 Å². The van der Waals surface area contributed by atoms with E-state index in [1.807, 2.05) is 18.2 Å².